The van der Waals surface area contributed by atoms with Crippen LogP contribution in [0.1, 0.15) is 30.4 Å². The zero-order valence-electron chi connectivity index (χ0n) is 12.6. The Morgan fingerprint density at radius 2 is 1.86 bits per heavy atom. The van der Waals surface area contributed by atoms with Gasteiger partial charge in [-0.25, -0.2) is 4.39 Å². The molecule has 0 aliphatic heterocycles. The van der Waals surface area contributed by atoms with Crippen LogP contribution in [0.3, 0.4) is 0 Å². The lowest BCUT2D eigenvalue weighted by atomic mass is 9.86. The summed E-state index contributed by atoms with van der Waals surface area (Å²) in [4.78, 5) is 0. The van der Waals surface area contributed by atoms with Crippen molar-refractivity contribution in [1.29, 1.82) is 0 Å². The summed E-state index contributed by atoms with van der Waals surface area (Å²) in [5, 5.41) is 0. The van der Waals surface area contributed by atoms with Crippen LogP contribution in [0.15, 0.2) is 48.5 Å². The van der Waals surface area contributed by atoms with Crippen LogP contribution in [0.25, 0.3) is 0 Å². The van der Waals surface area contributed by atoms with Gasteiger partial charge in [0.25, 0.3) is 0 Å². The number of halogens is 1. The Morgan fingerprint density at radius 3 is 2.43 bits per heavy atom. The largest absolute Gasteiger partial charge is 0.494 e. The maximum absolute atomic E-state index is 13.7. The molecule has 2 unspecified atom stereocenters. The van der Waals surface area contributed by atoms with Crippen molar-refractivity contribution in [2.75, 3.05) is 7.11 Å². The van der Waals surface area contributed by atoms with Gasteiger partial charge in [0, 0.05) is 6.04 Å². The maximum atomic E-state index is 13.7. The highest BCUT2D eigenvalue weighted by Crippen LogP contribution is 2.25. The Balaban J connectivity index is 2.12. The zero-order chi connectivity index (χ0) is 15.2. The molecular weight excluding hydrogens is 265 g/mol. The van der Waals surface area contributed by atoms with Crippen molar-refractivity contribution in [3.05, 3.63) is 65.5 Å². The predicted octanol–water partition coefficient (Wildman–Crippen LogP) is 3.90. The molecular formula is C18H22FNO. The van der Waals surface area contributed by atoms with Gasteiger partial charge in [0.2, 0.25) is 0 Å². The van der Waals surface area contributed by atoms with Crippen molar-refractivity contribution in [2.24, 2.45) is 5.73 Å². The molecule has 2 rings (SSSR count). The third-order valence-electron chi connectivity index (χ3n) is 3.87. The molecule has 21 heavy (non-hydrogen) atoms. The van der Waals surface area contributed by atoms with Crippen molar-refractivity contribution >= 4 is 0 Å². The molecule has 2 aromatic carbocycles. The second-order valence-electron chi connectivity index (χ2n) is 5.26. The molecule has 0 amide bonds. The van der Waals surface area contributed by atoms with Gasteiger partial charge < -0.3 is 10.5 Å². The minimum Gasteiger partial charge on any atom is -0.494 e. The number of hydrogen-bond acceptors (Lipinski definition) is 2. The summed E-state index contributed by atoms with van der Waals surface area (Å²) >= 11 is 0. The molecule has 0 radical (unpaired) electrons. The van der Waals surface area contributed by atoms with Gasteiger partial charge in [-0.15, -0.1) is 0 Å². The summed E-state index contributed by atoms with van der Waals surface area (Å²) in [6.07, 6.45) is 1.61. The van der Waals surface area contributed by atoms with E-state index in [2.05, 4.69) is 19.1 Å². The van der Waals surface area contributed by atoms with E-state index >= 15 is 0 Å². The third-order valence-corrected chi connectivity index (χ3v) is 3.87. The summed E-state index contributed by atoms with van der Waals surface area (Å²) in [5.41, 5.74) is 8.50. The molecule has 0 fully saturated rings. The molecule has 112 valence electrons. The van der Waals surface area contributed by atoms with Crippen LogP contribution in [-0.4, -0.2) is 13.2 Å². The van der Waals surface area contributed by atoms with Gasteiger partial charge >= 0.3 is 0 Å². The molecule has 2 aromatic rings. The van der Waals surface area contributed by atoms with E-state index in [9.17, 15) is 4.39 Å². The number of rotatable bonds is 6. The van der Waals surface area contributed by atoms with Crippen molar-refractivity contribution in [3.63, 3.8) is 0 Å². The normalized spacial score (nSPS) is 13.7. The van der Waals surface area contributed by atoms with Crippen LogP contribution < -0.4 is 10.5 Å². The summed E-state index contributed by atoms with van der Waals surface area (Å²) in [6.45, 7) is 2.13. The fraction of sp³-hybridized carbons (Fsp3) is 0.333. The summed E-state index contributed by atoms with van der Waals surface area (Å²) in [5.74, 6) is 0.203. The first-order valence-electron chi connectivity index (χ1n) is 7.28. The van der Waals surface area contributed by atoms with Gasteiger partial charge in [-0.05, 0) is 42.0 Å². The van der Waals surface area contributed by atoms with E-state index in [1.54, 1.807) is 6.07 Å². The second kappa shape index (κ2) is 7.23. The topological polar surface area (TPSA) is 35.2 Å². The van der Waals surface area contributed by atoms with Crippen LogP contribution in [0.4, 0.5) is 4.39 Å². The molecule has 0 bridgehead atoms. The molecule has 0 aromatic heterocycles. The first-order valence-corrected chi connectivity index (χ1v) is 7.28. The minimum atomic E-state index is -0.338. The second-order valence-corrected chi connectivity index (χ2v) is 5.26. The van der Waals surface area contributed by atoms with Crippen LogP contribution in [0.2, 0.25) is 0 Å². The van der Waals surface area contributed by atoms with Gasteiger partial charge in [0.1, 0.15) is 0 Å². The molecule has 0 heterocycles. The monoisotopic (exact) mass is 287 g/mol. The van der Waals surface area contributed by atoms with Gasteiger partial charge in [0.05, 0.1) is 7.11 Å². The van der Waals surface area contributed by atoms with E-state index in [0.29, 0.717) is 6.42 Å². The third kappa shape index (κ3) is 3.82. The van der Waals surface area contributed by atoms with Gasteiger partial charge in [-0.1, -0.05) is 43.3 Å². The average molecular weight is 287 g/mol. The molecule has 2 nitrogen and oxygen atoms in total. The number of methoxy groups -OCH3 is 1. The maximum Gasteiger partial charge on any atom is 0.165 e. The highest BCUT2D eigenvalue weighted by atomic mass is 19.1. The fourth-order valence-electron chi connectivity index (χ4n) is 2.74. The molecule has 0 saturated heterocycles. The van der Waals surface area contributed by atoms with Crippen LogP contribution in [0, 0.1) is 5.82 Å². The molecule has 0 aliphatic rings. The van der Waals surface area contributed by atoms with Crippen molar-refractivity contribution in [1.82, 2.24) is 0 Å². The summed E-state index contributed by atoms with van der Waals surface area (Å²) < 4.78 is 18.7. The highest BCUT2D eigenvalue weighted by molar-refractivity contribution is 5.30. The number of hydrogen-bond donors (Lipinski definition) is 1. The SMILES string of the molecule is CCC(c1ccccc1)C(N)Cc1ccc(OC)c(F)c1. The van der Waals surface area contributed by atoms with E-state index in [4.69, 9.17) is 10.5 Å². The van der Waals surface area contributed by atoms with Crippen LogP contribution in [0.5, 0.6) is 5.75 Å². The number of nitrogens with two attached hydrogens (primary N) is 1. The standard InChI is InChI=1S/C18H22FNO/c1-3-15(14-7-5-4-6-8-14)17(20)12-13-9-10-18(21-2)16(19)11-13/h4-11,15,17H,3,12,20H2,1-2H3. The molecule has 0 aliphatic carbocycles. The minimum absolute atomic E-state index is 0.0369. The lowest BCUT2D eigenvalue weighted by Crippen LogP contribution is -2.30. The van der Waals surface area contributed by atoms with Gasteiger partial charge in [0.15, 0.2) is 11.6 Å². The summed E-state index contributed by atoms with van der Waals surface area (Å²) in [7, 11) is 1.46. The summed E-state index contributed by atoms with van der Waals surface area (Å²) in [6, 6.07) is 15.3. The predicted molar refractivity (Wildman–Crippen MR) is 84.1 cm³/mol. The lowest BCUT2D eigenvalue weighted by molar-refractivity contribution is 0.386. The molecule has 0 saturated carbocycles. The Kier molecular flexibility index (Phi) is 5.34. The fourth-order valence-corrected chi connectivity index (χ4v) is 2.74. The number of ether oxygens (including phenoxy) is 1. The molecule has 2 N–H and O–H groups in total. The van der Waals surface area contributed by atoms with Crippen molar-refractivity contribution in [2.45, 2.75) is 31.7 Å². The van der Waals surface area contributed by atoms with E-state index < -0.39 is 0 Å². The molecule has 0 spiro atoms. The first-order chi connectivity index (χ1) is 10.2. The smallest absolute Gasteiger partial charge is 0.165 e. The molecule has 2 atom stereocenters. The highest BCUT2D eigenvalue weighted by Gasteiger charge is 2.18. The van der Waals surface area contributed by atoms with Gasteiger partial charge in [-0.2, -0.15) is 0 Å². The average Bonchev–Trinajstić information content (AvgIpc) is 2.49. The zero-order valence-corrected chi connectivity index (χ0v) is 12.6. The van der Waals surface area contributed by atoms with Gasteiger partial charge in [-0.3, -0.25) is 0 Å². The van der Waals surface area contributed by atoms with Crippen molar-refractivity contribution < 1.29 is 9.13 Å². The van der Waals surface area contributed by atoms with E-state index in [-0.39, 0.29) is 23.5 Å². The quantitative estimate of drug-likeness (QED) is 0.874. The molecule has 3 heteroatoms. The Morgan fingerprint density at radius 1 is 1.14 bits per heavy atom. The Hall–Kier alpha value is -1.87. The first kappa shape index (κ1) is 15.5. The van der Waals surface area contributed by atoms with E-state index in [0.717, 1.165) is 12.0 Å². The Labute approximate surface area is 125 Å². The van der Waals surface area contributed by atoms with Crippen LogP contribution >= 0.6 is 0 Å². The lowest BCUT2D eigenvalue weighted by Gasteiger charge is -2.23. The van der Waals surface area contributed by atoms with E-state index in [1.165, 1.54) is 18.7 Å². The number of benzene rings is 2. The van der Waals surface area contributed by atoms with Crippen molar-refractivity contribution in [3.8, 4) is 5.75 Å². The Bertz CT molecular complexity index is 571. The van der Waals surface area contributed by atoms with E-state index in [1.807, 2.05) is 24.3 Å². The van der Waals surface area contributed by atoms with Crippen LogP contribution in [-0.2, 0) is 6.42 Å².